The first-order valence-corrected chi connectivity index (χ1v) is 9.24. The van der Waals surface area contributed by atoms with Gasteiger partial charge in [0.1, 0.15) is 0 Å². The third-order valence-corrected chi connectivity index (χ3v) is 4.93. The summed E-state index contributed by atoms with van der Waals surface area (Å²) in [6.45, 7) is 3.47. The third-order valence-electron chi connectivity index (χ3n) is 4.22. The average molecular weight is 404 g/mol. The lowest BCUT2D eigenvalue weighted by atomic mass is 10.1. The first kappa shape index (κ1) is 19.3. The van der Waals surface area contributed by atoms with Crippen LogP contribution in [0.4, 0.5) is 11.4 Å². The van der Waals surface area contributed by atoms with Gasteiger partial charge in [-0.05, 0) is 48.4 Å². The molecule has 2 aromatic carbocycles. The normalized spacial score (nSPS) is 14.3. The molecule has 2 amide bonds. The maximum Gasteiger partial charge on any atom is 0.248 e. The van der Waals surface area contributed by atoms with Gasteiger partial charge in [-0.3, -0.25) is 9.59 Å². The van der Waals surface area contributed by atoms with Crippen molar-refractivity contribution in [1.29, 1.82) is 0 Å². The van der Waals surface area contributed by atoms with Gasteiger partial charge in [0.25, 0.3) is 0 Å². The summed E-state index contributed by atoms with van der Waals surface area (Å²) in [6.07, 6.45) is 3.14. The molecular weight excluding hydrogens is 385 g/mol. The second kappa shape index (κ2) is 8.46. The Balaban J connectivity index is 1.65. The van der Waals surface area contributed by atoms with Gasteiger partial charge in [-0.15, -0.1) is 0 Å². The molecule has 0 aliphatic carbocycles. The number of nitrogens with one attached hydrogen (secondary N) is 2. The Morgan fingerprint density at radius 1 is 1.19 bits per heavy atom. The molecule has 2 aromatic rings. The van der Waals surface area contributed by atoms with E-state index >= 15 is 0 Å². The van der Waals surface area contributed by atoms with E-state index in [9.17, 15) is 9.59 Å². The molecule has 0 atom stereocenters. The minimum Gasteiger partial charge on any atom is -0.359 e. The van der Waals surface area contributed by atoms with E-state index in [-0.39, 0.29) is 18.4 Å². The van der Waals surface area contributed by atoms with E-state index in [1.165, 1.54) is 6.08 Å². The van der Waals surface area contributed by atoms with Crippen molar-refractivity contribution in [3.63, 3.8) is 0 Å². The lowest BCUT2D eigenvalue weighted by Gasteiger charge is -2.29. The highest BCUT2D eigenvalue weighted by molar-refractivity contribution is 6.33. The number of hydrogen-bond acceptors (Lipinski definition) is 3. The van der Waals surface area contributed by atoms with Crippen LogP contribution in [-0.2, 0) is 9.59 Å². The Morgan fingerprint density at radius 3 is 2.70 bits per heavy atom. The lowest BCUT2D eigenvalue weighted by Crippen LogP contribution is -2.47. The van der Waals surface area contributed by atoms with Gasteiger partial charge in [-0.25, -0.2) is 0 Å². The van der Waals surface area contributed by atoms with Crippen LogP contribution in [0.2, 0.25) is 10.0 Å². The van der Waals surface area contributed by atoms with E-state index in [1.807, 2.05) is 24.0 Å². The minimum absolute atomic E-state index is 0.0314. The van der Waals surface area contributed by atoms with Crippen molar-refractivity contribution in [3.8, 4) is 0 Å². The van der Waals surface area contributed by atoms with Crippen molar-refractivity contribution in [2.45, 2.75) is 6.92 Å². The molecule has 0 spiro atoms. The molecule has 0 saturated carbocycles. The van der Waals surface area contributed by atoms with Crippen LogP contribution in [0.3, 0.4) is 0 Å². The lowest BCUT2D eigenvalue weighted by molar-refractivity contribution is -0.120. The number of nitrogens with zero attached hydrogens (tertiary/aromatic N) is 1. The quantitative estimate of drug-likeness (QED) is 0.761. The molecular formula is C20H19Cl2N3O2. The zero-order valence-corrected chi connectivity index (χ0v) is 16.3. The van der Waals surface area contributed by atoms with Crippen molar-refractivity contribution >= 4 is 52.5 Å². The van der Waals surface area contributed by atoms with E-state index in [0.29, 0.717) is 28.8 Å². The molecule has 1 aliphatic rings. The summed E-state index contributed by atoms with van der Waals surface area (Å²) >= 11 is 12.4. The van der Waals surface area contributed by atoms with Crippen LogP contribution < -0.4 is 15.5 Å². The van der Waals surface area contributed by atoms with Crippen molar-refractivity contribution in [2.24, 2.45) is 0 Å². The Bertz CT molecular complexity index is 912. The maximum atomic E-state index is 12.1. The number of hydrogen-bond donors (Lipinski definition) is 2. The Labute approximate surface area is 168 Å². The summed E-state index contributed by atoms with van der Waals surface area (Å²) < 4.78 is 0. The average Bonchev–Trinajstić information content (AvgIpc) is 2.63. The van der Waals surface area contributed by atoms with E-state index < -0.39 is 0 Å². The fraction of sp³-hybridized carbons (Fsp3) is 0.200. The second-order valence-corrected chi connectivity index (χ2v) is 7.08. The first-order chi connectivity index (χ1) is 12.9. The van der Waals surface area contributed by atoms with Crippen LogP contribution in [0.5, 0.6) is 0 Å². The number of anilines is 2. The molecule has 1 aliphatic heterocycles. The van der Waals surface area contributed by atoms with E-state index in [4.69, 9.17) is 23.2 Å². The number of halogens is 2. The van der Waals surface area contributed by atoms with Gasteiger partial charge in [-0.2, -0.15) is 0 Å². The van der Waals surface area contributed by atoms with E-state index in [2.05, 4.69) is 10.6 Å². The standard InChI is InChI=1S/C20H19Cl2N3O2/c1-13-2-3-14(10-16(13)21)4-7-19(26)24-15-5-6-18(17(22)11-15)25-9-8-23-20(27)12-25/h2-7,10-11H,8-9,12H2,1H3,(H,23,27)(H,24,26)/b7-4+. The smallest absolute Gasteiger partial charge is 0.248 e. The SMILES string of the molecule is Cc1ccc(/C=C/C(=O)Nc2ccc(N3CCNC(=O)C3)c(Cl)c2)cc1Cl. The number of carbonyl (C=O) groups is 2. The monoisotopic (exact) mass is 403 g/mol. The summed E-state index contributed by atoms with van der Waals surface area (Å²) in [5, 5.41) is 6.69. The van der Waals surface area contributed by atoms with Crippen LogP contribution in [0.25, 0.3) is 6.08 Å². The number of rotatable bonds is 4. The first-order valence-electron chi connectivity index (χ1n) is 8.49. The summed E-state index contributed by atoms with van der Waals surface area (Å²) in [5.74, 6) is -0.302. The summed E-state index contributed by atoms with van der Waals surface area (Å²) in [7, 11) is 0. The zero-order chi connectivity index (χ0) is 19.4. The molecule has 0 aromatic heterocycles. The van der Waals surface area contributed by atoms with Crippen LogP contribution in [0.1, 0.15) is 11.1 Å². The molecule has 5 nitrogen and oxygen atoms in total. The third kappa shape index (κ3) is 5.02. The predicted molar refractivity (Wildman–Crippen MR) is 111 cm³/mol. The Hall–Kier alpha value is -2.50. The Morgan fingerprint density at radius 2 is 2.00 bits per heavy atom. The molecule has 0 unspecified atom stereocenters. The van der Waals surface area contributed by atoms with Gasteiger partial charge in [0.2, 0.25) is 11.8 Å². The Kier molecular flexibility index (Phi) is 6.04. The summed E-state index contributed by atoms with van der Waals surface area (Å²) in [4.78, 5) is 25.6. The predicted octanol–water partition coefficient (Wildman–Crippen LogP) is 3.89. The number of amides is 2. The van der Waals surface area contributed by atoms with Crippen LogP contribution in [0.15, 0.2) is 42.5 Å². The molecule has 2 N–H and O–H groups in total. The van der Waals surface area contributed by atoms with Crippen molar-refractivity contribution < 1.29 is 9.59 Å². The van der Waals surface area contributed by atoms with Crippen molar-refractivity contribution in [3.05, 3.63) is 63.6 Å². The van der Waals surface area contributed by atoms with Crippen LogP contribution >= 0.6 is 23.2 Å². The maximum absolute atomic E-state index is 12.1. The van der Waals surface area contributed by atoms with Crippen LogP contribution in [0, 0.1) is 6.92 Å². The van der Waals surface area contributed by atoms with E-state index in [1.54, 1.807) is 30.3 Å². The molecule has 27 heavy (non-hydrogen) atoms. The summed E-state index contributed by atoms with van der Waals surface area (Å²) in [6, 6.07) is 10.9. The van der Waals surface area contributed by atoms with Gasteiger partial charge in [0.15, 0.2) is 0 Å². The molecule has 0 bridgehead atoms. The molecule has 1 fully saturated rings. The van der Waals surface area contributed by atoms with Crippen molar-refractivity contribution in [2.75, 3.05) is 29.9 Å². The topological polar surface area (TPSA) is 61.4 Å². The molecule has 3 rings (SSSR count). The zero-order valence-electron chi connectivity index (χ0n) is 14.8. The molecule has 7 heteroatoms. The summed E-state index contributed by atoms with van der Waals surface area (Å²) in [5.41, 5.74) is 3.19. The van der Waals surface area contributed by atoms with E-state index in [0.717, 1.165) is 16.8 Å². The highest BCUT2D eigenvalue weighted by Crippen LogP contribution is 2.29. The molecule has 140 valence electrons. The largest absolute Gasteiger partial charge is 0.359 e. The van der Waals surface area contributed by atoms with Crippen LogP contribution in [-0.4, -0.2) is 31.4 Å². The van der Waals surface area contributed by atoms with Crippen molar-refractivity contribution in [1.82, 2.24) is 5.32 Å². The van der Waals surface area contributed by atoms with Gasteiger partial charge in [0.05, 0.1) is 17.3 Å². The molecule has 1 heterocycles. The number of benzene rings is 2. The second-order valence-electron chi connectivity index (χ2n) is 6.27. The van der Waals surface area contributed by atoms with Gasteiger partial charge < -0.3 is 15.5 Å². The number of carbonyl (C=O) groups excluding carboxylic acids is 2. The molecule has 1 saturated heterocycles. The van der Waals surface area contributed by atoms with Gasteiger partial charge in [0, 0.05) is 29.9 Å². The fourth-order valence-electron chi connectivity index (χ4n) is 2.75. The minimum atomic E-state index is -0.270. The van der Waals surface area contributed by atoms with Gasteiger partial charge in [-0.1, -0.05) is 35.3 Å². The number of piperazine rings is 1. The number of aryl methyl sites for hydroxylation is 1. The highest BCUT2D eigenvalue weighted by Gasteiger charge is 2.18. The molecule has 0 radical (unpaired) electrons. The van der Waals surface area contributed by atoms with Gasteiger partial charge >= 0.3 is 0 Å². The fourth-order valence-corrected chi connectivity index (χ4v) is 3.24. The highest BCUT2D eigenvalue weighted by atomic mass is 35.5.